The van der Waals surface area contributed by atoms with E-state index in [9.17, 15) is 0 Å². The largest absolute Gasteiger partial charge is 0.228 e. The van der Waals surface area contributed by atoms with E-state index in [0.717, 1.165) is 39.0 Å². The van der Waals surface area contributed by atoms with Crippen LogP contribution in [0.1, 0.15) is 25.0 Å². The summed E-state index contributed by atoms with van der Waals surface area (Å²) in [5, 5.41) is 7.41. The second-order valence-electron chi connectivity index (χ2n) is 15.7. The van der Waals surface area contributed by atoms with E-state index in [4.69, 9.17) is 9.97 Å². The van der Waals surface area contributed by atoms with Gasteiger partial charge < -0.3 is 0 Å². The van der Waals surface area contributed by atoms with Gasteiger partial charge in [-0.15, -0.1) is 0 Å². The molecule has 0 unspecified atom stereocenters. The van der Waals surface area contributed by atoms with E-state index in [1.807, 2.05) is 6.07 Å². The molecule has 9 aromatic carbocycles. The van der Waals surface area contributed by atoms with Crippen molar-refractivity contribution in [2.24, 2.45) is 0 Å². The van der Waals surface area contributed by atoms with Gasteiger partial charge in [-0.1, -0.05) is 184 Å². The molecule has 0 fully saturated rings. The Bertz CT molecular complexity index is 3210. The third-order valence-corrected chi connectivity index (χ3v) is 12.1. The number of hydrogen-bond donors (Lipinski definition) is 0. The number of benzene rings is 9. The van der Waals surface area contributed by atoms with Crippen LogP contribution in [0.3, 0.4) is 0 Å². The molecule has 0 radical (unpaired) electrons. The van der Waals surface area contributed by atoms with Crippen molar-refractivity contribution >= 4 is 32.3 Å². The third kappa shape index (κ3) is 5.40. The quantitative estimate of drug-likeness (QED) is 0.176. The van der Waals surface area contributed by atoms with Crippen LogP contribution in [-0.2, 0) is 5.41 Å². The molecule has 0 N–H and O–H groups in total. The summed E-state index contributed by atoms with van der Waals surface area (Å²) in [5.41, 5.74) is 15.0. The van der Waals surface area contributed by atoms with Crippen LogP contribution in [0.4, 0.5) is 0 Å². The second kappa shape index (κ2) is 13.0. The number of nitrogens with zero attached hydrogens (tertiary/aromatic N) is 2. The number of aromatic nitrogens is 2. The zero-order valence-electron chi connectivity index (χ0n) is 31.9. The maximum atomic E-state index is 5.35. The van der Waals surface area contributed by atoms with Gasteiger partial charge in [0, 0.05) is 22.1 Å². The predicted molar refractivity (Wildman–Crippen MR) is 239 cm³/mol. The van der Waals surface area contributed by atoms with Crippen molar-refractivity contribution in [1.29, 1.82) is 0 Å². The van der Waals surface area contributed by atoms with Crippen LogP contribution >= 0.6 is 0 Å². The van der Waals surface area contributed by atoms with E-state index in [0.29, 0.717) is 5.82 Å². The van der Waals surface area contributed by atoms with Crippen molar-refractivity contribution in [1.82, 2.24) is 9.97 Å². The first kappa shape index (κ1) is 33.2. The van der Waals surface area contributed by atoms with Crippen molar-refractivity contribution in [3.8, 4) is 67.3 Å². The fraction of sp³-hybridized carbons (Fsp3) is 0.0545. The molecule has 11 rings (SSSR count). The maximum Gasteiger partial charge on any atom is 0.161 e. The first-order valence-electron chi connectivity index (χ1n) is 19.7. The van der Waals surface area contributed by atoms with E-state index in [-0.39, 0.29) is 5.41 Å². The van der Waals surface area contributed by atoms with Crippen LogP contribution in [-0.4, -0.2) is 9.97 Å². The van der Waals surface area contributed by atoms with Crippen LogP contribution in [0.5, 0.6) is 0 Å². The zero-order valence-corrected chi connectivity index (χ0v) is 31.9. The van der Waals surface area contributed by atoms with Crippen molar-refractivity contribution in [2.45, 2.75) is 19.3 Å². The summed E-state index contributed by atoms with van der Waals surface area (Å²) >= 11 is 0. The highest BCUT2D eigenvalue weighted by Gasteiger charge is 2.37. The van der Waals surface area contributed by atoms with Crippen LogP contribution in [0.25, 0.3) is 99.6 Å². The Morgan fingerprint density at radius 1 is 0.333 bits per heavy atom. The molecular formula is C55H38N2. The fourth-order valence-electron chi connectivity index (χ4n) is 9.31. The van der Waals surface area contributed by atoms with E-state index in [1.165, 1.54) is 65.9 Å². The lowest BCUT2D eigenvalue weighted by molar-refractivity contribution is 0.666. The van der Waals surface area contributed by atoms with Gasteiger partial charge in [0.15, 0.2) is 5.82 Å². The summed E-state index contributed by atoms with van der Waals surface area (Å²) in [5.74, 6) is 0.710. The molecule has 2 nitrogen and oxygen atoms in total. The van der Waals surface area contributed by atoms with Crippen LogP contribution < -0.4 is 0 Å². The van der Waals surface area contributed by atoms with Gasteiger partial charge in [0.2, 0.25) is 0 Å². The van der Waals surface area contributed by atoms with Gasteiger partial charge in [0.05, 0.1) is 11.4 Å². The molecule has 0 aliphatic heterocycles. The lowest BCUT2D eigenvalue weighted by atomic mass is 9.79. The van der Waals surface area contributed by atoms with Crippen molar-refractivity contribution < 1.29 is 0 Å². The van der Waals surface area contributed by atoms with Gasteiger partial charge in [0.25, 0.3) is 0 Å². The smallest absolute Gasteiger partial charge is 0.161 e. The Balaban J connectivity index is 1.05. The van der Waals surface area contributed by atoms with Gasteiger partial charge in [-0.3, -0.25) is 0 Å². The normalized spacial score (nSPS) is 12.9. The fourth-order valence-corrected chi connectivity index (χ4v) is 9.31. The molecule has 0 amide bonds. The summed E-state index contributed by atoms with van der Waals surface area (Å²) < 4.78 is 0. The monoisotopic (exact) mass is 726 g/mol. The Morgan fingerprint density at radius 3 is 1.67 bits per heavy atom. The van der Waals surface area contributed by atoms with Crippen LogP contribution in [0.2, 0.25) is 0 Å². The van der Waals surface area contributed by atoms with Gasteiger partial charge in [-0.2, -0.15) is 0 Å². The van der Waals surface area contributed by atoms with Crippen LogP contribution in [0.15, 0.2) is 194 Å². The molecule has 57 heavy (non-hydrogen) atoms. The minimum absolute atomic E-state index is 0.135. The Morgan fingerprint density at radius 2 is 0.860 bits per heavy atom. The zero-order chi connectivity index (χ0) is 38.1. The molecule has 0 spiro atoms. The summed E-state index contributed by atoms with van der Waals surface area (Å²) in [6.45, 7) is 4.75. The average molecular weight is 727 g/mol. The lowest BCUT2D eigenvalue weighted by Crippen LogP contribution is -2.15. The van der Waals surface area contributed by atoms with Gasteiger partial charge in [-0.25, -0.2) is 9.97 Å². The minimum Gasteiger partial charge on any atom is -0.228 e. The number of fused-ring (bicyclic) bond motifs is 7. The number of hydrogen-bond acceptors (Lipinski definition) is 2. The van der Waals surface area contributed by atoms with E-state index >= 15 is 0 Å². The highest BCUT2D eigenvalue weighted by molar-refractivity contribution is 6.05. The summed E-state index contributed by atoms with van der Waals surface area (Å²) in [7, 11) is 0. The molecule has 1 aliphatic rings. The summed E-state index contributed by atoms with van der Waals surface area (Å²) in [6.07, 6.45) is 0. The maximum absolute atomic E-state index is 5.35. The lowest BCUT2D eigenvalue weighted by Gasteiger charge is -2.24. The van der Waals surface area contributed by atoms with E-state index < -0.39 is 0 Å². The first-order valence-corrected chi connectivity index (χ1v) is 19.7. The molecule has 2 heteroatoms. The Kier molecular flexibility index (Phi) is 7.55. The molecule has 1 aliphatic carbocycles. The molecule has 0 saturated carbocycles. The van der Waals surface area contributed by atoms with Crippen LogP contribution in [0, 0.1) is 0 Å². The highest BCUT2D eigenvalue weighted by Crippen LogP contribution is 2.52. The van der Waals surface area contributed by atoms with Crippen molar-refractivity contribution in [3.63, 3.8) is 0 Å². The first-order chi connectivity index (χ1) is 28.0. The molecule has 0 bridgehead atoms. The summed E-state index contributed by atoms with van der Waals surface area (Å²) in [6, 6.07) is 70.1. The summed E-state index contributed by atoms with van der Waals surface area (Å²) in [4.78, 5) is 10.6. The molecule has 0 atom stereocenters. The topological polar surface area (TPSA) is 25.8 Å². The van der Waals surface area contributed by atoms with E-state index in [2.05, 4.69) is 202 Å². The molecule has 1 aromatic heterocycles. The van der Waals surface area contributed by atoms with Gasteiger partial charge in [0.1, 0.15) is 0 Å². The molecule has 0 saturated heterocycles. The third-order valence-electron chi connectivity index (χ3n) is 12.1. The van der Waals surface area contributed by atoms with E-state index in [1.54, 1.807) is 0 Å². The molecule has 10 aromatic rings. The minimum atomic E-state index is -0.135. The van der Waals surface area contributed by atoms with Crippen molar-refractivity contribution in [3.05, 3.63) is 205 Å². The average Bonchev–Trinajstić information content (AvgIpc) is 3.51. The van der Waals surface area contributed by atoms with Crippen molar-refractivity contribution in [2.75, 3.05) is 0 Å². The highest BCUT2D eigenvalue weighted by atomic mass is 14.9. The predicted octanol–water partition coefficient (Wildman–Crippen LogP) is 14.6. The van der Waals surface area contributed by atoms with Gasteiger partial charge >= 0.3 is 0 Å². The van der Waals surface area contributed by atoms with Gasteiger partial charge in [-0.05, 0) is 101 Å². The number of rotatable bonds is 5. The molecule has 1 heterocycles. The second-order valence-corrected chi connectivity index (χ2v) is 15.7. The molecular weight excluding hydrogens is 689 g/mol. The molecule has 268 valence electrons. The Labute approximate surface area is 332 Å². The SMILES string of the molecule is CC1(C)c2cc(-c3ccc(-c4nc(-c5ccccc5)cc(-c5cccc(-c6cccc7ccccc67)c5)n4)c4ccccc34)ccc2-c2ccc3ccccc3c21. The Hall–Kier alpha value is -7.16. The standard InChI is InChI=1S/C55H38N2/c1-55(2)50-33-39(27-28-47(50)48-29-26-36-15-7-9-22-44(36)53(48)55)43-30-31-49(46-24-11-10-23-45(43)46)54-56-51(37-16-4-3-5-17-37)34-52(57-54)40-20-12-19-38(32-40)42-25-13-18-35-14-6-8-21-41(35)42/h3-34H,1-2H3.